The van der Waals surface area contributed by atoms with Crippen molar-refractivity contribution in [1.29, 1.82) is 0 Å². The topological polar surface area (TPSA) is 97.1 Å². The lowest BCUT2D eigenvalue weighted by Gasteiger charge is -2.08. The minimum atomic E-state index is -0.760. The van der Waals surface area contributed by atoms with Gasteiger partial charge < -0.3 is 10.5 Å². The number of carbonyl (C=O) groups excluding carboxylic acids is 1. The molecule has 0 fully saturated rings. The molecule has 7 nitrogen and oxygen atoms in total. The zero-order valence-electron chi connectivity index (χ0n) is 11.7. The van der Waals surface area contributed by atoms with Gasteiger partial charge in [0.1, 0.15) is 5.82 Å². The van der Waals surface area contributed by atoms with Crippen LogP contribution in [0.3, 0.4) is 0 Å². The molecule has 1 aromatic carbocycles. The van der Waals surface area contributed by atoms with Crippen LogP contribution in [0, 0.1) is 5.82 Å². The van der Waals surface area contributed by atoms with Crippen LogP contribution in [0.15, 0.2) is 47.5 Å². The van der Waals surface area contributed by atoms with Crippen molar-refractivity contribution < 1.29 is 14.4 Å². The molecule has 0 saturated carbocycles. The highest BCUT2D eigenvalue weighted by atomic mass is 19.1. The molecule has 0 aliphatic heterocycles. The standard InChI is InChI=1S/C15H11FN4O3/c16-10-3-1-9(2-4-10)7-18-14(21)13-19-12-8-17-6-5-11(12)15(22)20(13)23/h1-6,8,23H,7H2,(H,18,21). The third-order valence-corrected chi connectivity index (χ3v) is 3.22. The molecule has 0 bridgehead atoms. The van der Waals surface area contributed by atoms with Crippen molar-refractivity contribution in [3.05, 3.63) is 70.3 Å². The zero-order chi connectivity index (χ0) is 16.4. The van der Waals surface area contributed by atoms with Crippen LogP contribution in [-0.2, 0) is 6.54 Å². The van der Waals surface area contributed by atoms with Crippen LogP contribution in [0.5, 0.6) is 0 Å². The van der Waals surface area contributed by atoms with E-state index in [0.29, 0.717) is 5.56 Å². The molecule has 0 atom stereocenters. The molecule has 2 aromatic heterocycles. The van der Waals surface area contributed by atoms with Crippen LogP contribution in [0.4, 0.5) is 4.39 Å². The van der Waals surface area contributed by atoms with E-state index < -0.39 is 17.3 Å². The Morgan fingerprint density at radius 2 is 2.00 bits per heavy atom. The quantitative estimate of drug-likeness (QED) is 0.706. The molecule has 0 unspecified atom stereocenters. The minimum absolute atomic E-state index is 0.0973. The van der Waals surface area contributed by atoms with Crippen molar-refractivity contribution in [3.8, 4) is 0 Å². The fourth-order valence-corrected chi connectivity index (χ4v) is 2.04. The highest BCUT2D eigenvalue weighted by molar-refractivity contribution is 5.92. The van der Waals surface area contributed by atoms with Crippen LogP contribution in [0.25, 0.3) is 10.9 Å². The van der Waals surface area contributed by atoms with Crippen LogP contribution in [0.2, 0.25) is 0 Å². The minimum Gasteiger partial charge on any atom is -0.423 e. The van der Waals surface area contributed by atoms with Crippen molar-refractivity contribution in [2.24, 2.45) is 0 Å². The third kappa shape index (κ3) is 2.86. The summed E-state index contributed by atoms with van der Waals surface area (Å²) in [7, 11) is 0. The third-order valence-electron chi connectivity index (χ3n) is 3.22. The SMILES string of the molecule is O=C(NCc1ccc(F)cc1)c1nc2cnccc2c(=O)n1O. The molecular formula is C15H11FN4O3. The molecule has 0 spiro atoms. The number of nitrogens with one attached hydrogen (secondary N) is 1. The van der Waals surface area contributed by atoms with E-state index in [0.717, 1.165) is 0 Å². The average Bonchev–Trinajstić information content (AvgIpc) is 2.57. The number of halogens is 1. The maximum absolute atomic E-state index is 12.8. The Morgan fingerprint density at radius 3 is 2.74 bits per heavy atom. The van der Waals surface area contributed by atoms with E-state index in [1.54, 1.807) is 0 Å². The van der Waals surface area contributed by atoms with Crippen LogP contribution in [-0.4, -0.2) is 25.8 Å². The highest BCUT2D eigenvalue weighted by Gasteiger charge is 2.17. The van der Waals surface area contributed by atoms with Gasteiger partial charge in [0.2, 0.25) is 5.82 Å². The zero-order valence-corrected chi connectivity index (χ0v) is 11.7. The van der Waals surface area contributed by atoms with Gasteiger partial charge in [-0.2, -0.15) is 0 Å². The second-order valence-corrected chi connectivity index (χ2v) is 4.75. The van der Waals surface area contributed by atoms with Crippen LogP contribution < -0.4 is 10.9 Å². The predicted molar refractivity (Wildman–Crippen MR) is 78.6 cm³/mol. The summed E-state index contributed by atoms with van der Waals surface area (Å²) in [4.78, 5) is 31.9. The second kappa shape index (κ2) is 5.84. The fraction of sp³-hybridized carbons (Fsp3) is 0.0667. The van der Waals surface area contributed by atoms with Gasteiger partial charge in [0.25, 0.3) is 11.5 Å². The average molecular weight is 314 g/mol. The molecule has 0 saturated heterocycles. The van der Waals surface area contributed by atoms with Gasteiger partial charge in [-0.15, -0.1) is 4.73 Å². The summed E-state index contributed by atoms with van der Waals surface area (Å²) in [6.07, 6.45) is 2.72. The van der Waals surface area contributed by atoms with E-state index in [-0.39, 0.29) is 28.0 Å². The Kier molecular flexibility index (Phi) is 3.71. The molecular weight excluding hydrogens is 303 g/mol. The highest BCUT2D eigenvalue weighted by Crippen LogP contribution is 2.06. The summed E-state index contributed by atoms with van der Waals surface area (Å²) in [5, 5.41) is 12.5. The number of aromatic nitrogens is 3. The number of fused-ring (bicyclic) bond motifs is 1. The summed E-state index contributed by atoms with van der Waals surface area (Å²) in [6.45, 7) is 0.0973. The number of rotatable bonds is 3. The number of pyridine rings is 1. The molecule has 2 heterocycles. The fourth-order valence-electron chi connectivity index (χ4n) is 2.04. The molecule has 0 radical (unpaired) electrons. The van der Waals surface area contributed by atoms with E-state index >= 15 is 0 Å². The number of hydrogen-bond donors (Lipinski definition) is 2. The van der Waals surface area contributed by atoms with Gasteiger partial charge in [0, 0.05) is 12.7 Å². The number of hydrogen-bond acceptors (Lipinski definition) is 5. The van der Waals surface area contributed by atoms with E-state index in [1.807, 2.05) is 0 Å². The molecule has 0 aliphatic rings. The van der Waals surface area contributed by atoms with Gasteiger partial charge in [-0.3, -0.25) is 14.6 Å². The first kappa shape index (κ1) is 14.6. The molecule has 3 rings (SSSR count). The van der Waals surface area contributed by atoms with Crippen molar-refractivity contribution in [1.82, 2.24) is 20.0 Å². The van der Waals surface area contributed by atoms with E-state index in [2.05, 4.69) is 15.3 Å². The largest absolute Gasteiger partial charge is 0.423 e. The summed E-state index contributed by atoms with van der Waals surface area (Å²) in [5.74, 6) is -1.56. The molecule has 8 heteroatoms. The van der Waals surface area contributed by atoms with Gasteiger partial charge in [0.15, 0.2) is 0 Å². The summed E-state index contributed by atoms with van der Waals surface area (Å²) < 4.78 is 13.0. The number of amides is 1. The lowest BCUT2D eigenvalue weighted by atomic mass is 10.2. The van der Waals surface area contributed by atoms with E-state index in [4.69, 9.17) is 0 Å². The Hall–Kier alpha value is -3.29. The number of carbonyl (C=O) groups is 1. The lowest BCUT2D eigenvalue weighted by molar-refractivity contribution is 0.0878. The van der Waals surface area contributed by atoms with Gasteiger partial charge in [-0.05, 0) is 23.8 Å². The van der Waals surface area contributed by atoms with Crippen molar-refractivity contribution in [2.75, 3.05) is 0 Å². The first-order chi connectivity index (χ1) is 11.1. The summed E-state index contributed by atoms with van der Waals surface area (Å²) in [6, 6.07) is 6.96. The van der Waals surface area contributed by atoms with Gasteiger partial charge >= 0.3 is 0 Å². The van der Waals surface area contributed by atoms with Gasteiger partial charge in [-0.1, -0.05) is 12.1 Å². The number of benzene rings is 1. The van der Waals surface area contributed by atoms with E-state index in [9.17, 15) is 19.2 Å². The second-order valence-electron chi connectivity index (χ2n) is 4.75. The van der Waals surface area contributed by atoms with Crippen LogP contribution in [0.1, 0.15) is 16.2 Å². The van der Waals surface area contributed by atoms with Crippen LogP contribution >= 0.6 is 0 Å². The number of nitrogens with zero attached hydrogens (tertiary/aromatic N) is 3. The molecule has 1 amide bonds. The Balaban J connectivity index is 1.87. The van der Waals surface area contributed by atoms with Crippen molar-refractivity contribution >= 4 is 16.8 Å². The smallest absolute Gasteiger partial charge is 0.294 e. The van der Waals surface area contributed by atoms with Crippen molar-refractivity contribution in [3.63, 3.8) is 0 Å². The van der Waals surface area contributed by atoms with Gasteiger partial charge in [0.05, 0.1) is 17.1 Å². The monoisotopic (exact) mass is 314 g/mol. The van der Waals surface area contributed by atoms with Gasteiger partial charge in [-0.25, -0.2) is 9.37 Å². The Bertz CT molecular complexity index is 938. The Morgan fingerprint density at radius 1 is 1.26 bits per heavy atom. The summed E-state index contributed by atoms with van der Waals surface area (Å²) >= 11 is 0. The molecule has 0 aliphatic carbocycles. The maximum atomic E-state index is 12.8. The molecule has 3 aromatic rings. The molecule has 116 valence electrons. The normalized spacial score (nSPS) is 10.7. The Labute approximate surface area is 129 Å². The first-order valence-electron chi connectivity index (χ1n) is 6.65. The first-order valence-corrected chi connectivity index (χ1v) is 6.65. The predicted octanol–water partition coefficient (Wildman–Crippen LogP) is 1.10. The van der Waals surface area contributed by atoms with E-state index in [1.165, 1.54) is 42.7 Å². The molecule has 2 N–H and O–H groups in total. The lowest BCUT2D eigenvalue weighted by Crippen LogP contribution is -2.32. The maximum Gasteiger partial charge on any atom is 0.294 e. The molecule has 23 heavy (non-hydrogen) atoms. The van der Waals surface area contributed by atoms with Crippen molar-refractivity contribution in [2.45, 2.75) is 6.54 Å². The summed E-state index contributed by atoms with van der Waals surface area (Å²) in [5.41, 5.74) is 0.105.